The third-order valence-electron chi connectivity index (χ3n) is 3.45. The Morgan fingerprint density at radius 3 is 2.78 bits per heavy atom. The van der Waals surface area contributed by atoms with Crippen LogP contribution in [0.2, 0.25) is 5.02 Å². The first-order chi connectivity index (χ1) is 11.2. The number of halogens is 1. The van der Waals surface area contributed by atoms with Crippen LogP contribution in [0.4, 0.5) is 17.5 Å². The fourth-order valence-corrected chi connectivity index (χ4v) is 2.46. The first kappa shape index (κ1) is 15.5. The molecule has 1 heterocycles. The number of aliphatic hydroxyl groups excluding tert-OH is 1. The number of nitrogens with zero attached hydrogens (tertiary/aromatic N) is 2. The number of para-hydroxylation sites is 1. The monoisotopic (exact) mass is 328 g/mol. The number of aryl methyl sites for hydroxylation is 1. The molecule has 2 aromatic carbocycles. The van der Waals surface area contributed by atoms with Gasteiger partial charge in [0.05, 0.1) is 12.1 Å². The molecule has 5 nitrogen and oxygen atoms in total. The number of rotatable bonds is 5. The van der Waals surface area contributed by atoms with Gasteiger partial charge in [0.1, 0.15) is 5.82 Å². The maximum absolute atomic E-state index is 9.03. The van der Waals surface area contributed by atoms with Crippen molar-refractivity contribution in [1.29, 1.82) is 0 Å². The average molecular weight is 329 g/mol. The number of nitrogens with one attached hydrogen (secondary N) is 2. The van der Waals surface area contributed by atoms with Crippen LogP contribution in [0.3, 0.4) is 0 Å². The van der Waals surface area contributed by atoms with Gasteiger partial charge in [-0.15, -0.1) is 0 Å². The van der Waals surface area contributed by atoms with Gasteiger partial charge in [-0.1, -0.05) is 29.8 Å². The molecule has 0 aliphatic carbocycles. The number of benzene rings is 2. The molecule has 0 saturated carbocycles. The molecule has 3 rings (SSSR count). The topological polar surface area (TPSA) is 70.1 Å². The highest BCUT2D eigenvalue weighted by Gasteiger charge is 2.08. The van der Waals surface area contributed by atoms with Crippen LogP contribution in [-0.2, 0) is 0 Å². The van der Waals surface area contributed by atoms with E-state index >= 15 is 0 Å². The molecule has 118 valence electrons. The van der Waals surface area contributed by atoms with E-state index in [1.807, 2.05) is 49.4 Å². The molecule has 0 bridgehead atoms. The third-order valence-corrected chi connectivity index (χ3v) is 3.69. The van der Waals surface area contributed by atoms with E-state index in [9.17, 15) is 0 Å². The number of fused-ring (bicyclic) bond motifs is 1. The van der Waals surface area contributed by atoms with Crippen LogP contribution in [0, 0.1) is 6.92 Å². The number of hydrogen-bond donors (Lipinski definition) is 3. The van der Waals surface area contributed by atoms with Crippen molar-refractivity contribution in [2.24, 2.45) is 0 Å². The Morgan fingerprint density at radius 2 is 1.96 bits per heavy atom. The van der Waals surface area contributed by atoms with Gasteiger partial charge < -0.3 is 15.7 Å². The lowest BCUT2D eigenvalue weighted by atomic mass is 10.2. The number of aromatic nitrogens is 2. The maximum Gasteiger partial charge on any atom is 0.229 e. The quantitative estimate of drug-likeness (QED) is 0.665. The molecule has 0 aliphatic rings. The van der Waals surface area contributed by atoms with Gasteiger partial charge in [0, 0.05) is 22.6 Å². The van der Waals surface area contributed by atoms with Crippen molar-refractivity contribution < 1.29 is 5.11 Å². The van der Waals surface area contributed by atoms with E-state index in [0.29, 0.717) is 23.3 Å². The van der Waals surface area contributed by atoms with Crippen LogP contribution in [0.25, 0.3) is 10.9 Å². The van der Waals surface area contributed by atoms with Gasteiger partial charge in [-0.25, -0.2) is 4.98 Å². The summed E-state index contributed by atoms with van der Waals surface area (Å²) < 4.78 is 0. The summed E-state index contributed by atoms with van der Waals surface area (Å²) in [4.78, 5) is 9.06. The normalized spacial score (nSPS) is 10.7. The van der Waals surface area contributed by atoms with Crippen molar-refractivity contribution in [3.8, 4) is 0 Å². The van der Waals surface area contributed by atoms with Crippen LogP contribution in [-0.4, -0.2) is 28.2 Å². The summed E-state index contributed by atoms with van der Waals surface area (Å²) in [5, 5.41) is 16.9. The molecular formula is C17H17ClN4O. The van der Waals surface area contributed by atoms with E-state index in [4.69, 9.17) is 16.7 Å². The van der Waals surface area contributed by atoms with Crippen LogP contribution in [0.1, 0.15) is 5.56 Å². The minimum Gasteiger partial charge on any atom is -0.395 e. The van der Waals surface area contributed by atoms with E-state index < -0.39 is 0 Å². The molecule has 3 aromatic rings. The van der Waals surface area contributed by atoms with Crippen molar-refractivity contribution in [3.63, 3.8) is 0 Å². The van der Waals surface area contributed by atoms with Crippen LogP contribution < -0.4 is 10.6 Å². The molecule has 0 fully saturated rings. The van der Waals surface area contributed by atoms with Gasteiger partial charge in [0.2, 0.25) is 5.95 Å². The Morgan fingerprint density at radius 1 is 1.13 bits per heavy atom. The summed E-state index contributed by atoms with van der Waals surface area (Å²) in [5.74, 6) is 1.17. The molecule has 0 spiro atoms. The molecular weight excluding hydrogens is 312 g/mol. The van der Waals surface area contributed by atoms with E-state index in [2.05, 4.69) is 20.6 Å². The van der Waals surface area contributed by atoms with Gasteiger partial charge in [0.15, 0.2) is 0 Å². The minimum atomic E-state index is 0.0362. The molecule has 6 heteroatoms. The number of aliphatic hydroxyl groups is 1. The van der Waals surface area contributed by atoms with Crippen molar-refractivity contribution in [2.45, 2.75) is 6.92 Å². The Hall–Kier alpha value is -2.37. The predicted molar refractivity (Wildman–Crippen MR) is 94.6 cm³/mol. The van der Waals surface area contributed by atoms with Crippen LogP contribution in [0.5, 0.6) is 0 Å². The second kappa shape index (κ2) is 6.81. The summed E-state index contributed by atoms with van der Waals surface area (Å²) >= 11 is 6.06. The molecule has 3 N–H and O–H groups in total. The Kier molecular flexibility index (Phi) is 4.60. The number of hydrogen-bond acceptors (Lipinski definition) is 5. The lowest BCUT2D eigenvalue weighted by Crippen LogP contribution is -2.09. The van der Waals surface area contributed by atoms with E-state index in [1.54, 1.807) is 0 Å². The summed E-state index contributed by atoms with van der Waals surface area (Å²) in [6.07, 6.45) is 0. The molecule has 23 heavy (non-hydrogen) atoms. The zero-order valence-electron chi connectivity index (χ0n) is 12.7. The summed E-state index contributed by atoms with van der Waals surface area (Å²) in [6.45, 7) is 2.45. The molecule has 0 aliphatic heterocycles. The van der Waals surface area contributed by atoms with Gasteiger partial charge in [-0.05, 0) is 36.8 Å². The highest BCUT2D eigenvalue weighted by atomic mass is 35.5. The zero-order valence-corrected chi connectivity index (χ0v) is 13.4. The van der Waals surface area contributed by atoms with E-state index in [-0.39, 0.29) is 6.61 Å². The standard InChI is InChI=1S/C17H17ClN4O/c1-11-6-7-12(18)10-15(11)21-17-20-14-5-3-2-4-13(14)16(22-17)19-8-9-23/h2-7,10,23H,8-9H2,1H3,(H2,19,20,21,22). The van der Waals surface area contributed by atoms with E-state index in [1.165, 1.54) is 0 Å². The molecule has 1 aromatic heterocycles. The van der Waals surface area contributed by atoms with E-state index in [0.717, 1.165) is 22.2 Å². The fourth-order valence-electron chi connectivity index (χ4n) is 2.29. The first-order valence-electron chi connectivity index (χ1n) is 7.32. The highest BCUT2D eigenvalue weighted by Crippen LogP contribution is 2.26. The lowest BCUT2D eigenvalue weighted by Gasteiger charge is -2.12. The van der Waals surface area contributed by atoms with Crippen molar-refractivity contribution >= 4 is 40.0 Å². The van der Waals surface area contributed by atoms with Gasteiger partial charge in [-0.2, -0.15) is 4.98 Å². The van der Waals surface area contributed by atoms with Gasteiger partial charge in [0.25, 0.3) is 0 Å². The van der Waals surface area contributed by atoms with Crippen LogP contribution >= 0.6 is 11.6 Å². The second-order valence-electron chi connectivity index (χ2n) is 5.15. The number of anilines is 3. The molecule has 0 amide bonds. The van der Waals surface area contributed by atoms with Gasteiger partial charge >= 0.3 is 0 Å². The average Bonchev–Trinajstić information content (AvgIpc) is 2.56. The first-order valence-corrected chi connectivity index (χ1v) is 7.70. The lowest BCUT2D eigenvalue weighted by molar-refractivity contribution is 0.311. The second-order valence-corrected chi connectivity index (χ2v) is 5.58. The van der Waals surface area contributed by atoms with Crippen LogP contribution in [0.15, 0.2) is 42.5 Å². The largest absolute Gasteiger partial charge is 0.395 e. The van der Waals surface area contributed by atoms with Crippen molar-refractivity contribution in [1.82, 2.24) is 9.97 Å². The predicted octanol–water partition coefficient (Wildman–Crippen LogP) is 3.74. The zero-order chi connectivity index (χ0) is 16.2. The SMILES string of the molecule is Cc1ccc(Cl)cc1Nc1nc(NCCO)c2ccccc2n1. The highest BCUT2D eigenvalue weighted by molar-refractivity contribution is 6.30. The Bertz CT molecular complexity index is 838. The summed E-state index contributed by atoms with van der Waals surface area (Å²) in [6, 6.07) is 13.4. The fraction of sp³-hybridized carbons (Fsp3) is 0.176. The summed E-state index contributed by atoms with van der Waals surface area (Å²) in [5.41, 5.74) is 2.74. The molecule has 0 atom stereocenters. The van der Waals surface area contributed by atoms with Gasteiger partial charge in [-0.3, -0.25) is 0 Å². The summed E-state index contributed by atoms with van der Waals surface area (Å²) in [7, 11) is 0. The Labute approximate surface area is 139 Å². The molecule has 0 saturated heterocycles. The molecule has 0 radical (unpaired) electrons. The minimum absolute atomic E-state index is 0.0362. The molecule has 0 unspecified atom stereocenters. The Balaban J connectivity index is 2.02. The third kappa shape index (κ3) is 3.52. The smallest absolute Gasteiger partial charge is 0.229 e. The maximum atomic E-state index is 9.03. The van der Waals surface area contributed by atoms with Crippen molar-refractivity contribution in [3.05, 3.63) is 53.1 Å². The van der Waals surface area contributed by atoms with Crippen molar-refractivity contribution in [2.75, 3.05) is 23.8 Å².